The summed E-state index contributed by atoms with van der Waals surface area (Å²) in [6.45, 7) is 1.79. The first-order chi connectivity index (χ1) is 9.88. The largest absolute Gasteiger partial charge is 0.368 e. The molecule has 6 nitrogen and oxygen atoms in total. The van der Waals surface area contributed by atoms with E-state index in [0.29, 0.717) is 11.4 Å². The third-order valence-electron chi connectivity index (χ3n) is 3.89. The van der Waals surface area contributed by atoms with Gasteiger partial charge in [-0.05, 0) is 37.8 Å². The lowest BCUT2D eigenvalue weighted by atomic mass is 9.99. The van der Waals surface area contributed by atoms with Gasteiger partial charge in [0.1, 0.15) is 11.4 Å². The van der Waals surface area contributed by atoms with E-state index >= 15 is 0 Å². The van der Waals surface area contributed by atoms with E-state index in [2.05, 4.69) is 10.3 Å². The third-order valence-corrected chi connectivity index (χ3v) is 3.89. The molecule has 0 aliphatic heterocycles. The predicted octanol–water partition coefficient (Wildman–Crippen LogP) is 1.54. The second-order valence-electron chi connectivity index (χ2n) is 5.67. The van der Waals surface area contributed by atoms with Gasteiger partial charge in [-0.3, -0.25) is 9.59 Å². The quantitative estimate of drug-likeness (QED) is 0.893. The number of ether oxygens (including phenoxy) is 1. The summed E-state index contributed by atoms with van der Waals surface area (Å²) in [5.41, 5.74) is -0.362. The lowest BCUT2D eigenvalue weighted by Gasteiger charge is -2.26. The molecule has 0 saturated heterocycles. The fraction of sp³-hybridized carbons (Fsp3) is 0.533. The van der Waals surface area contributed by atoms with Crippen LogP contribution in [-0.2, 0) is 9.53 Å². The summed E-state index contributed by atoms with van der Waals surface area (Å²) in [5, 5.41) is 2.74. The van der Waals surface area contributed by atoms with Crippen molar-refractivity contribution in [3.8, 4) is 0 Å². The van der Waals surface area contributed by atoms with Crippen LogP contribution in [0.3, 0.4) is 0 Å². The van der Waals surface area contributed by atoms with Crippen molar-refractivity contribution in [3.05, 3.63) is 23.9 Å². The molecular weight excluding hydrogens is 270 g/mol. The zero-order chi connectivity index (χ0) is 15.6. The van der Waals surface area contributed by atoms with Crippen LogP contribution in [-0.4, -0.2) is 48.5 Å². The number of amides is 2. The Bertz CT molecular complexity index is 555. The Balaban J connectivity index is 2.14. The Morgan fingerprint density at radius 2 is 2.10 bits per heavy atom. The van der Waals surface area contributed by atoms with Crippen LogP contribution >= 0.6 is 0 Å². The normalized spacial score (nSPS) is 17.0. The van der Waals surface area contributed by atoms with Crippen molar-refractivity contribution >= 4 is 17.6 Å². The number of pyridine rings is 1. The van der Waals surface area contributed by atoms with Crippen molar-refractivity contribution < 1.29 is 14.3 Å². The van der Waals surface area contributed by atoms with Gasteiger partial charge < -0.3 is 15.0 Å². The highest BCUT2D eigenvalue weighted by atomic mass is 16.5. The molecule has 1 saturated carbocycles. The summed E-state index contributed by atoms with van der Waals surface area (Å²) in [6.07, 6.45) is 3.49. The average molecular weight is 291 g/mol. The smallest absolute Gasteiger partial charge is 0.257 e. The molecule has 2 rings (SSSR count). The van der Waals surface area contributed by atoms with E-state index in [9.17, 15) is 9.59 Å². The van der Waals surface area contributed by atoms with Gasteiger partial charge in [0.25, 0.3) is 11.8 Å². The van der Waals surface area contributed by atoms with Crippen molar-refractivity contribution in [2.24, 2.45) is 5.92 Å². The first-order valence-corrected chi connectivity index (χ1v) is 6.92. The van der Waals surface area contributed by atoms with Gasteiger partial charge in [-0.25, -0.2) is 4.98 Å². The number of hydrogen-bond donors (Lipinski definition) is 1. The summed E-state index contributed by atoms with van der Waals surface area (Å²) in [7, 11) is 4.89. The van der Waals surface area contributed by atoms with Crippen molar-refractivity contribution in [2.75, 3.05) is 26.5 Å². The molecule has 1 aliphatic carbocycles. The number of carbonyl (C=O) groups excluding carboxylic acids is 2. The number of carbonyl (C=O) groups is 2. The van der Waals surface area contributed by atoms with Crippen LogP contribution < -0.4 is 5.32 Å². The monoisotopic (exact) mass is 291 g/mol. The van der Waals surface area contributed by atoms with Crippen molar-refractivity contribution in [3.63, 3.8) is 0 Å². The molecular formula is C15H21N3O3. The Morgan fingerprint density at radius 1 is 1.43 bits per heavy atom. The highest BCUT2D eigenvalue weighted by Crippen LogP contribution is 2.42. The van der Waals surface area contributed by atoms with Crippen LogP contribution in [0.4, 0.5) is 5.82 Å². The van der Waals surface area contributed by atoms with Gasteiger partial charge >= 0.3 is 0 Å². The maximum absolute atomic E-state index is 12.4. The first kappa shape index (κ1) is 15.4. The average Bonchev–Trinajstić information content (AvgIpc) is 3.30. The van der Waals surface area contributed by atoms with E-state index in [-0.39, 0.29) is 17.7 Å². The first-order valence-electron chi connectivity index (χ1n) is 6.92. The molecule has 0 radical (unpaired) electrons. The van der Waals surface area contributed by atoms with Crippen LogP contribution in [0.2, 0.25) is 0 Å². The van der Waals surface area contributed by atoms with Gasteiger partial charge in [-0.15, -0.1) is 0 Å². The van der Waals surface area contributed by atoms with Crippen molar-refractivity contribution in [1.82, 2.24) is 9.88 Å². The van der Waals surface area contributed by atoms with E-state index in [1.54, 1.807) is 33.2 Å². The Kier molecular flexibility index (Phi) is 4.27. The Morgan fingerprint density at radius 3 is 2.62 bits per heavy atom. The highest BCUT2D eigenvalue weighted by molar-refractivity contribution is 5.99. The lowest BCUT2D eigenvalue weighted by molar-refractivity contribution is -0.138. The summed E-state index contributed by atoms with van der Waals surface area (Å²) < 4.78 is 5.40. The number of hydrogen-bond acceptors (Lipinski definition) is 4. The second kappa shape index (κ2) is 5.81. The number of rotatable bonds is 5. The minimum atomic E-state index is -0.844. The third kappa shape index (κ3) is 3.21. The summed E-state index contributed by atoms with van der Waals surface area (Å²) >= 11 is 0. The number of nitrogens with one attached hydrogen (secondary N) is 1. The van der Waals surface area contributed by atoms with Gasteiger partial charge in [-0.1, -0.05) is 0 Å². The molecule has 0 spiro atoms. The number of anilines is 1. The maximum atomic E-state index is 12.4. The summed E-state index contributed by atoms with van der Waals surface area (Å²) in [6, 6.07) is 3.19. The molecule has 1 aromatic heterocycles. The summed E-state index contributed by atoms with van der Waals surface area (Å²) in [4.78, 5) is 29.9. The molecule has 6 heteroatoms. The number of nitrogens with zero attached hydrogens (tertiary/aromatic N) is 2. The minimum absolute atomic E-state index is 0.135. The molecule has 1 aromatic rings. The van der Waals surface area contributed by atoms with E-state index in [0.717, 1.165) is 12.8 Å². The van der Waals surface area contributed by atoms with Gasteiger partial charge in [0.05, 0.1) is 0 Å². The highest BCUT2D eigenvalue weighted by Gasteiger charge is 2.47. The zero-order valence-electron chi connectivity index (χ0n) is 12.8. The van der Waals surface area contributed by atoms with E-state index < -0.39 is 5.60 Å². The van der Waals surface area contributed by atoms with Crippen molar-refractivity contribution in [2.45, 2.75) is 25.4 Å². The number of methoxy groups -OCH3 is 1. The molecule has 1 heterocycles. The molecule has 2 amide bonds. The number of aromatic nitrogens is 1. The SMILES string of the molecule is COC(C)(C(=O)Nc1cc(C(=O)N(C)C)ccn1)C1CC1. The van der Waals surface area contributed by atoms with Crippen LogP contribution in [0.15, 0.2) is 18.3 Å². The van der Waals surface area contributed by atoms with Gasteiger partial charge in [-0.2, -0.15) is 0 Å². The molecule has 0 bridgehead atoms. The molecule has 1 unspecified atom stereocenters. The standard InChI is InChI=1S/C15H21N3O3/c1-15(21-4,11-5-6-11)14(20)17-12-9-10(7-8-16-12)13(19)18(2)3/h7-9,11H,5-6H2,1-4H3,(H,16,17,20). The molecule has 1 aliphatic rings. The fourth-order valence-corrected chi connectivity index (χ4v) is 2.21. The molecule has 114 valence electrons. The maximum Gasteiger partial charge on any atom is 0.257 e. The molecule has 21 heavy (non-hydrogen) atoms. The second-order valence-corrected chi connectivity index (χ2v) is 5.67. The Hall–Kier alpha value is -1.95. The molecule has 0 aromatic carbocycles. The predicted molar refractivity (Wildman–Crippen MR) is 79.0 cm³/mol. The zero-order valence-corrected chi connectivity index (χ0v) is 12.8. The molecule has 1 atom stereocenters. The lowest BCUT2D eigenvalue weighted by Crippen LogP contribution is -2.44. The fourth-order valence-electron chi connectivity index (χ4n) is 2.21. The topological polar surface area (TPSA) is 71.5 Å². The van der Waals surface area contributed by atoms with Crippen LogP contribution in [0.1, 0.15) is 30.1 Å². The van der Waals surface area contributed by atoms with Crippen LogP contribution in [0.25, 0.3) is 0 Å². The van der Waals surface area contributed by atoms with Gasteiger partial charge in [0, 0.05) is 33.0 Å². The summed E-state index contributed by atoms with van der Waals surface area (Å²) in [5.74, 6) is 0.241. The molecule has 1 N–H and O–H groups in total. The van der Waals surface area contributed by atoms with Crippen LogP contribution in [0, 0.1) is 5.92 Å². The Labute approximate surface area is 124 Å². The van der Waals surface area contributed by atoms with Crippen molar-refractivity contribution in [1.29, 1.82) is 0 Å². The van der Waals surface area contributed by atoms with Gasteiger partial charge in [0.15, 0.2) is 0 Å². The van der Waals surface area contributed by atoms with Gasteiger partial charge in [0.2, 0.25) is 0 Å². The minimum Gasteiger partial charge on any atom is -0.368 e. The van der Waals surface area contributed by atoms with E-state index in [4.69, 9.17) is 4.74 Å². The van der Waals surface area contributed by atoms with Crippen LogP contribution in [0.5, 0.6) is 0 Å². The van der Waals surface area contributed by atoms with E-state index in [1.807, 2.05) is 0 Å². The van der Waals surface area contributed by atoms with E-state index in [1.165, 1.54) is 18.2 Å². The molecule has 1 fully saturated rings.